The summed E-state index contributed by atoms with van der Waals surface area (Å²) >= 11 is 0. The lowest BCUT2D eigenvalue weighted by atomic mass is 10.2. The summed E-state index contributed by atoms with van der Waals surface area (Å²) in [5.41, 5.74) is 6.95. The molecule has 0 saturated carbocycles. The molecule has 0 aliphatic heterocycles. The molecule has 1 atom stereocenters. The Bertz CT molecular complexity index is 397. The number of benzene rings is 1. The minimum Gasteiger partial charge on any atom is -0.468 e. The molecule has 1 heterocycles. The Labute approximate surface area is 95.3 Å². The molecular weight excluding hydrogens is 200 g/mol. The second kappa shape index (κ2) is 5.49. The molecule has 0 radical (unpaired) electrons. The first-order valence-corrected chi connectivity index (χ1v) is 5.41. The van der Waals surface area contributed by atoms with Gasteiger partial charge < -0.3 is 15.5 Å². The van der Waals surface area contributed by atoms with E-state index in [0.29, 0.717) is 6.54 Å². The quantitative estimate of drug-likeness (QED) is 0.804. The van der Waals surface area contributed by atoms with Crippen LogP contribution in [-0.2, 0) is 6.54 Å². The third-order valence-corrected chi connectivity index (χ3v) is 2.52. The summed E-state index contributed by atoms with van der Waals surface area (Å²) in [5, 5.41) is 3.37. The summed E-state index contributed by atoms with van der Waals surface area (Å²) < 4.78 is 5.33. The van der Waals surface area contributed by atoms with E-state index in [0.717, 1.165) is 12.3 Å². The number of hydrogen-bond donors (Lipinski definition) is 2. The Morgan fingerprint density at radius 3 is 2.56 bits per heavy atom. The highest BCUT2D eigenvalue weighted by Gasteiger charge is 2.10. The molecular formula is C13H16N2O. The number of nitrogens with two attached hydrogens (primary N) is 1. The lowest BCUT2D eigenvalue weighted by Gasteiger charge is -2.14. The molecule has 3 heteroatoms. The smallest absolute Gasteiger partial charge is 0.121 e. The van der Waals surface area contributed by atoms with Crippen LogP contribution in [0.1, 0.15) is 17.4 Å². The van der Waals surface area contributed by atoms with Crippen molar-refractivity contribution in [3.63, 3.8) is 0 Å². The van der Waals surface area contributed by atoms with Gasteiger partial charge in [0.05, 0.1) is 12.3 Å². The third kappa shape index (κ3) is 2.72. The number of nitrogens with one attached hydrogen (secondary N) is 1. The maximum absolute atomic E-state index is 5.71. The second-order valence-electron chi connectivity index (χ2n) is 3.67. The van der Waals surface area contributed by atoms with Gasteiger partial charge in [0, 0.05) is 13.1 Å². The standard InChI is InChI=1S/C13H16N2O/c14-9-12(13-7-4-8-16-13)15-10-11-5-2-1-3-6-11/h1-8,12,15H,9-10,14H2. The lowest BCUT2D eigenvalue weighted by Crippen LogP contribution is -2.27. The van der Waals surface area contributed by atoms with Gasteiger partial charge in [0.2, 0.25) is 0 Å². The first-order chi connectivity index (χ1) is 7.90. The van der Waals surface area contributed by atoms with Crippen LogP contribution in [0.15, 0.2) is 53.1 Å². The average molecular weight is 216 g/mol. The van der Waals surface area contributed by atoms with E-state index in [1.807, 2.05) is 30.3 Å². The Morgan fingerprint density at radius 2 is 1.94 bits per heavy atom. The van der Waals surface area contributed by atoms with Crippen molar-refractivity contribution in [2.75, 3.05) is 6.54 Å². The summed E-state index contributed by atoms with van der Waals surface area (Å²) in [4.78, 5) is 0. The molecule has 1 unspecified atom stereocenters. The van der Waals surface area contributed by atoms with Gasteiger partial charge in [0.25, 0.3) is 0 Å². The van der Waals surface area contributed by atoms with Gasteiger partial charge in [-0.05, 0) is 17.7 Å². The maximum Gasteiger partial charge on any atom is 0.121 e. The van der Waals surface area contributed by atoms with Crippen molar-refractivity contribution in [3.05, 3.63) is 60.1 Å². The van der Waals surface area contributed by atoms with Crippen LogP contribution >= 0.6 is 0 Å². The van der Waals surface area contributed by atoms with Gasteiger partial charge in [0.15, 0.2) is 0 Å². The van der Waals surface area contributed by atoms with Gasteiger partial charge in [-0.3, -0.25) is 0 Å². The molecule has 0 saturated heterocycles. The van der Waals surface area contributed by atoms with Crippen molar-refractivity contribution >= 4 is 0 Å². The van der Waals surface area contributed by atoms with Crippen LogP contribution in [0, 0.1) is 0 Å². The first-order valence-electron chi connectivity index (χ1n) is 5.41. The van der Waals surface area contributed by atoms with E-state index >= 15 is 0 Å². The van der Waals surface area contributed by atoms with Gasteiger partial charge in [-0.25, -0.2) is 0 Å². The van der Waals surface area contributed by atoms with Gasteiger partial charge in [-0.15, -0.1) is 0 Å². The number of furan rings is 1. The summed E-state index contributed by atoms with van der Waals surface area (Å²) in [6, 6.07) is 14.1. The topological polar surface area (TPSA) is 51.2 Å². The Morgan fingerprint density at radius 1 is 1.12 bits per heavy atom. The molecule has 0 spiro atoms. The number of rotatable bonds is 5. The average Bonchev–Trinajstić information content (AvgIpc) is 2.85. The van der Waals surface area contributed by atoms with Gasteiger partial charge >= 0.3 is 0 Å². The summed E-state index contributed by atoms with van der Waals surface area (Å²) in [7, 11) is 0. The molecule has 1 aromatic heterocycles. The van der Waals surface area contributed by atoms with Crippen LogP contribution in [0.5, 0.6) is 0 Å². The van der Waals surface area contributed by atoms with Crippen LogP contribution in [0.3, 0.4) is 0 Å². The molecule has 0 aliphatic carbocycles. The zero-order valence-electron chi connectivity index (χ0n) is 9.10. The van der Waals surface area contributed by atoms with Crippen molar-refractivity contribution in [1.82, 2.24) is 5.32 Å². The van der Waals surface area contributed by atoms with Crippen molar-refractivity contribution in [2.45, 2.75) is 12.6 Å². The Kier molecular flexibility index (Phi) is 3.75. The van der Waals surface area contributed by atoms with E-state index in [2.05, 4.69) is 17.4 Å². The summed E-state index contributed by atoms with van der Waals surface area (Å²) in [6.07, 6.45) is 1.67. The summed E-state index contributed by atoms with van der Waals surface area (Å²) in [5.74, 6) is 0.887. The highest BCUT2D eigenvalue weighted by Crippen LogP contribution is 2.12. The Balaban J connectivity index is 1.94. The van der Waals surface area contributed by atoms with Crippen molar-refractivity contribution in [2.24, 2.45) is 5.73 Å². The molecule has 0 bridgehead atoms. The highest BCUT2D eigenvalue weighted by atomic mass is 16.3. The largest absolute Gasteiger partial charge is 0.468 e. The van der Waals surface area contributed by atoms with Crippen LogP contribution in [0.4, 0.5) is 0 Å². The van der Waals surface area contributed by atoms with E-state index in [9.17, 15) is 0 Å². The lowest BCUT2D eigenvalue weighted by molar-refractivity contribution is 0.416. The van der Waals surface area contributed by atoms with Gasteiger partial charge in [-0.2, -0.15) is 0 Å². The van der Waals surface area contributed by atoms with Crippen molar-refractivity contribution in [3.8, 4) is 0 Å². The van der Waals surface area contributed by atoms with E-state index in [-0.39, 0.29) is 6.04 Å². The van der Waals surface area contributed by atoms with E-state index < -0.39 is 0 Å². The maximum atomic E-state index is 5.71. The summed E-state index contributed by atoms with van der Waals surface area (Å²) in [6.45, 7) is 1.32. The zero-order chi connectivity index (χ0) is 11.2. The van der Waals surface area contributed by atoms with Crippen LogP contribution in [-0.4, -0.2) is 6.54 Å². The molecule has 2 rings (SSSR count). The fourth-order valence-electron chi connectivity index (χ4n) is 1.63. The molecule has 1 aromatic carbocycles. The van der Waals surface area contributed by atoms with E-state index in [1.165, 1.54) is 5.56 Å². The third-order valence-electron chi connectivity index (χ3n) is 2.52. The van der Waals surface area contributed by atoms with Gasteiger partial charge in [-0.1, -0.05) is 30.3 Å². The van der Waals surface area contributed by atoms with Gasteiger partial charge in [0.1, 0.15) is 5.76 Å². The molecule has 16 heavy (non-hydrogen) atoms. The Hall–Kier alpha value is -1.58. The second-order valence-corrected chi connectivity index (χ2v) is 3.67. The molecule has 3 nitrogen and oxygen atoms in total. The van der Waals surface area contributed by atoms with Crippen molar-refractivity contribution < 1.29 is 4.42 Å². The minimum absolute atomic E-state index is 0.0789. The molecule has 0 fully saturated rings. The van der Waals surface area contributed by atoms with E-state index in [1.54, 1.807) is 6.26 Å². The SMILES string of the molecule is NCC(NCc1ccccc1)c1ccco1. The van der Waals surface area contributed by atoms with Crippen LogP contribution in [0.2, 0.25) is 0 Å². The van der Waals surface area contributed by atoms with Crippen LogP contribution < -0.4 is 11.1 Å². The molecule has 0 aliphatic rings. The predicted octanol–water partition coefficient (Wildman–Crippen LogP) is 2.07. The monoisotopic (exact) mass is 216 g/mol. The van der Waals surface area contributed by atoms with Crippen molar-refractivity contribution in [1.29, 1.82) is 0 Å². The van der Waals surface area contributed by atoms with Crippen LogP contribution in [0.25, 0.3) is 0 Å². The molecule has 84 valence electrons. The number of hydrogen-bond acceptors (Lipinski definition) is 3. The highest BCUT2D eigenvalue weighted by molar-refractivity contribution is 5.15. The fraction of sp³-hybridized carbons (Fsp3) is 0.231. The van der Waals surface area contributed by atoms with E-state index in [4.69, 9.17) is 10.2 Å². The molecule has 0 amide bonds. The fourth-order valence-corrected chi connectivity index (χ4v) is 1.63. The molecule has 2 aromatic rings. The molecule has 3 N–H and O–H groups in total. The zero-order valence-corrected chi connectivity index (χ0v) is 9.10. The minimum atomic E-state index is 0.0789. The first kappa shape index (κ1) is 10.9. The normalized spacial score (nSPS) is 12.6. The predicted molar refractivity (Wildman–Crippen MR) is 63.8 cm³/mol.